The van der Waals surface area contributed by atoms with Crippen molar-refractivity contribution in [3.8, 4) is 0 Å². The van der Waals surface area contributed by atoms with Crippen LogP contribution in [0.5, 0.6) is 0 Å². The smallest absolute Gasteiger partial charge is 0.229 e. The normalized spacial score (nSPS) is 11.1. The van der Waals surface area contributed by atoms with Gasteiger partial charge in [-0.25, -0.2) is 4.98 Å². The second kappa shape index (κ2) is 6.76. The van der Waals surface area contributed by atoms with Crippen LogP contribution in [0, 0.1) is 0 Å². The molecule has 0 N–H and O–H groups in total. The van der Waals surface area contributed by atoms with E-state index < -0.39 is 0 Å². The molecule has 0 aromatic carbocycles. The molecule has 0 saturated heterocycles. The van der Waals surface area contributed by atoms with Gasteiger partial charge < -0.3 is 14.1 Å². The first kappa shape index (κ1) is 14.8. The maximum absolute atomic E-state index is 12.5. The van der Waals surface area contributed by atoms with Crippen LogP contribution in [0.1, 0.15) is 11.5 Å². The van der Waals surface area contributed by atoms with E-state index in [0.717, 1.165) is 16.4 Å². The maximum Gasteiger partial charge on any atom is 0.229 e. The van der Waals surface area contributed by atoms with Crippen LogP contribution in [0.3, 0.4) is 0 Å². The predicted octanol–water partition coefficient (Wildman–Crippen LogP) is 2.21. The van der Waals surface area contributed by atoms with Gasteiger partial charge in [-0.3, -0.25) is 9.20 Å². The zero-order valence-corrected chi connectivity index (χ0v) is 13.1. The number of methoxy groups -OCH3 is 1. The van der Waals surface area contributed by atoms with Crippen LogP contribution in [0.2, 0.25) is 0 Å². The molecule has 0 saturated carbocycles. The molecule has 0 spiro atoms. The lowest BCUT2D eigenvalue weighted by Crippen LogP contribution is -2.34. The van der Waals surface area contributed by atoms with Crippen LogP contribution in [-0.4, -0.2) is 40.5 Å². The molecule has 0 fully saturated rings. The Kier molecular flexibility index (Phi) is 4.55. The Morgan fingerprint density at radius 1 is 1.55 bits per heavy atom. The van der Waals surface area contributed by atoms with Crippen LogP contribution in [0.25, 0.3) is 4.96 Å². The van der Waals surface area contributed by atoms with Crippen molar-refractivity contribution in [1.29, 1.82) is 0 Å². The fourth-order valence-electron chi connectivity index (χ4n) is 2.21. The minimum Gasteiger partial charge on any atom is -0.467 e. The molecular formula is C15H17N3O3S. The number of nitrogens with zero attached hydrogens (tertiary/aromatic N) is 3. The Morgan fingerprint density at radius 3 is 3.18 bits per heavy atom. The molecule has 7 heteroatoms. The van der Waals surface area contributed by atoms with Gasteiger partial charge in [0.15, 0.2) is 4.96 Å². The molecule has 0 unspecified atom stereocenters. The summed E-state index contributed by atoms with van der Waals surface area (Å²) < 4.78 is 12.3. The summed E-state index contributed by atoms with van der Waals surface area (Å²) in [4.78, 5) is 19.6. The van der Waals surface area contributed by atoms with Gasteiger partial charge in [0.2, 0.25) is 5.91 Å². The van der Waals surface area contributed by atoms with Crippen LogP contribution in [0.4, 0.5) is 0 Å². The number of ether oxygens (including phenoxy) is 1. The van der Waals surface area contributed by atoms with Crippen LogP contribution < -0.4 is 0 Å². The van der Waals surface area contributed by atoms with Gasteiger partial charge in [0.1, 0.15) is 5.76 Å². The molecule has 3 heterocycles. The van der Waals surface area contributed by atoms with E-state index in [2.05, 4.69) is 4.98 Å². The van der Waals surface area contributed by atoms with E-state index >= 15 is 0 Å². The Labute approximate surface area is 131 Å². The highest BCUT2D eigenvalue weighted by molar-refractivity contribution is 7.15. The van der Waals surface area contributed by atoms with Crippen molar-refractivity contribution in [2.75, 3.05) is 20.3 Å². The highest BCUT2D eigenvalue weighted by Gasteiger charge is 2.17. The Balaban J connectivity index is 1.68. The van der Waals surface area contributed by atoms with Crippen molar-refractivity contribution >= 4 is 22.2 Å². The monoisotopic (exact) mass is 319 g/mol. The number of aromatic nitrogens is 2. The van der Waals surface area contributed by atoms with E-state index in [4.69, 9.17) is 9.15 Å². The highest BCUT2D eigenvalue weighted by Crippen LogP contribution is 2.13. The third-order valence-electron chi connectivity index (χ3n) is 3.32. The van der Waals surface area contributed by atoms with E-state index in [1.807, 2.05) is 34.3 Å². The van der Waals surface area contributed by atoms with Gasteiger partial charge >= 0.3 is 0 Å². The predicted molar refractivity (Wildman–Crippen MR) is 82.8 cm³/mol. The summed E-state index contributed by atoms with van der Waals surface area (Å²) >= 11 is 1.55. The Hall–Kier alpha value is -2.12. The van der Waals surface area contributed by atoms with Crippen molar-refractivity contribution in [3.63, 3.8) is 0 Å². The fraction of sp³-hybridized carbons (Fsp3) is 0.333. The number of imidazole rings is 1. The van der Waals surface area contributed by atoms with Crippen molar-refractivity contribution in [2.45, 2.75) is 13.0 Å². The number of carbonyl (C=O) groups excluding carboxylic acids is 1. The average Bonchev–Trinajstić information content (AvgIpc) is 3.19. The number of carbonyl (C=O) groups is 1. The molecule has 22 heavy (non-hydrogen) atoms. The summed E-state index contributed by atoms with van der Waals surface area (Å²) in [6, 6.07) is 3.68. The van der Waals surface area contributed by atoms with Gasteiger partial charge in [-0.05, 0) is 12.1 Å². The first-order valence-corrected chi connectivity index (χ1v) is 7.84. The van der Waals surface area contributed by atoms with Crippen molar-refractivity contribution in [2.24, 2.45) is 0 Å². The Bertz CT molecular complexity index is 704. The van der Waals surface area contributed by atoms with Crippen LogP contribution in [0.15, 0.2) is 40.6 Å². The molecule has 3 rings (SSSR count). The van der Waals surface area contributed by atoms with Crippen molar-refractivity contribution in [3.05, 3.63) is 47.6 Å². The zero-order chi connectivity index (χ0) is 15.4. The summed E-state index contributed by atoms with van der Waals surface area (Å²) in [6.07, 6.45) is 5.72. The van der Waals surface area contributed by atoms with Gasteiger partial charge in [-0.15, -0.1) is 11.3 Å². The number of hydrogen-bond acceptors (Lipinski definition) is 5. The lowest BCUT2D eigenvalue weighted by Gasteiger charge is -2.20. The van der Waals surface area contributed by atoms with Crippen LogP contribution >= 0.6 is 11.3 Å². The topological polar surface area (TPSA) is 60.0 Å². The first-order valence-electron chi connectivity index (χ1n) is 6.96. The van der Waals surface area contributed by atoms with Gasteiger partial charge in [0.05, 0.1) is 31.5 Å². The maximum atomic E-state index is 12.5. The minimum atomic E-state index is 0.0132. The summed E-state index contributed by atoms with van der Waals surface area (Å²) in [5, 5.41) is 1.97. The zero-order valence-electron chi connectivity index (χ0n) is 12.3. The lowest BCUT2D eigenvalue weighted by atomic mass is 10.2. The number of thiazole rings is 1. The van der Waals surface area contributed by atoms with Gasteiger partial charge in [-0.1, -0.05) is 0 Å². The number of furan rings is 1. The third-order valence-corrected chi connectivity index (χ3v) is 4.09. The first-order chi connectivity index (χ1) is 10.8. The lowest BCUT2D eigenvalue weighted by molar-refractivity contribution is -0.132. The molecule has 0 radical (unpaired) electrons. The van der Waals surface area contributed by atoms with E-state index in [1.54, 1.807) is 29.6 Å². The SMILES string of the molecule is COCCN(Cc1ccco1)C(=O)Cc1cn2ccsc2n1. The molecule has 0 aliphatic carbocycles. The molecule has 0 aliphatic heterocycles. The summed E-state index contributed by atoms with van der Waals surface area (Å²) in [5.41, 5.74) is 0.777. The summed E-state index contributed by atoms with van der Waals surface area (Å²) in [5.74, 6) is 0.773. The largest absolute Gasteiger partial charge is 0.467 e. The molecule has 116 valence electrons. The van der Waals surface area contributed by atoms with Gasteiger partial charge in [0, 0.05) is 31.4 Å². The van der Waals surface area contributed by atoms with E-state index in [9.17, 15) is 4.79 Å². The standard InChI is InChI=1S/C15H17N3O3S/c1-20-7-4-17(11-13-3-2-6-21-13)14(19)9-12-10-18-5-8-22-15(18)16-12/h2-3,5-6,8,10H,4,7,9,11H2,1H3. The molecule has 3 aromatic heterocycles. The molecule has 6 nitrogen and oxygen atoms in total. The van der Waals surface area contributed by atoms with E-state index in [1.165, 1.54) is 0 Å². The second-order valence-corrected chi connectivity index (χ2v) is 5.76. The Morgan fingerprint density at radius 2 is 2.45 bits per heavy atom. The fourth-order valence-corrected chi connectivity index (χ4v) is 2.93. The summed E-state index contributed by atoms with van der Waals surface area (Å²) in [6.45, 7) is 1.46. The molecule has 1 amide bonds. The number of amides is 1. The molecule has 3 aromatic rings. The minimum absolute atomic E-state index is 0.0132. The molecule has 0 aliphatic rings. The molecule has 0 bridgehead atoms. The van der Waals surface area contributed by atoms with Crippen molar-refractivity contribution < 1.29 is 13.9 Å². The molecule has 0 atom stereocenters. The molecular weight excluding hydrogens is 302 g/mol. The van der Waals surface area contributed by atoms with E-state index in [0.29, 0.717) is 19.7 Å². The van der Waals surface area contributed by atoms with Crippen molar-refractivity contribution in [1.82, 2.24) is 14.3 Å². The van der Waals surface area contributed by atoms with E-state index in [-0.39, 0.29) is 12.3 Å². The summed E-state index contributed by atoms with van der Waals surface area (Å²) in [7, 11) is 1.62. The number of rotatable bonds is 7. The third kappa shape index (κ3) is 3.37. The van der Waals surface area contributed by atoms with Gasteiger partial charge in [-0.2, -0.15) is 0 Å². The number of hydrogen-bond donors (Lipinski definition) is 0. The quantitative estimate of drug-likeness (QED) is 0.670. The second-order valence-electron chi connectivity index (χ2n) is 4.89. The van der Waals surface area contributed by atoms with Crippen LogP contribution in [-0.2, 0) is 22.5 Å². The average molecular weight is 319 g/mol. The van der Waals surface area contributed by atoms with Gasteiger partial charge in [0.25, 0.3) is 0 Å². The highest BCUT2D eigenvalue weighted by atomic mass is 32.1. The number of fused-ring (bicyclic) bond motifs is 1.